The van der Waals surface area contributed by atoms with E-state index in [9.17, 15) is 9.90 Å². The number of carbonyl (C=O) groups excluding carboxylic acids is 1. The molecule has 0 saturated carbocycles. The maximum atomic E-state index is 12.6. The summed E-state index contributed by atoms with van der Waals surface area (Å²) in [6.45, 7) is 4.18. The fraction of sp³-hybridized carbons (Fsp3) is 0.533. The van der Waals surface area contributed by atoms with E-state index in [0.717, 1.165) is 31.5 Å². The summed E-state index contributed by atoms with van der Waals surface area (Å²) < 4.78 is 0. The lowest BCUT2D eigenvalue weighted by molar-refractivity contribution is -0.140. The third-order valence-electron chi connectivity index (χ3n) is 4.12. The number of benzene rings is 1. The topological polar surface area (TPSA) is 52.6 Å². The molecule has 1 atom stereocenters. The average molecular weight is 262 g/mol. The van der Waals surface area contributed by atoms with Gasteiger partial charge in [-0.15, -0.1) is 0 Å². The van der Waals surface area contributed by atoms with E-state index in [4.69, 9.17) is 0 Å². The molecule has 1 amide bonds. The molecule has 0 bridgehead atoms. The Morgan fingerprint density at radius 2 is 2.21 bits per heavy atom. The molecule has 4 heteroatoms. The van der Waals surface area contributed by atoms with Crippen LogP contribution in [0.5, 0.6) is 5.75 Å². The molecule has 0 aliphatic carbocycles. The largest absolute Gasteiger partial charge is 0.508 e. The van der Waals surface area contributed by atoms with Gasteiger partial charge in [-0.3, -0.25) is 4.79 Å². The molecule has 1 aromatic carbocycles. The Morgan fingerprint density at radius 3 is 2.79 bits per heavy atom. The van der Waals surface area contributed by atoms with E-state index < -0.39 is 0 Å². The molecule has 1 unspecified atom stereocenters. The van der Waals surface area contributed by atoms with Crippen molar-refractivity contribution in [2.75, 3.05) is 20.1 Å². The van der Waals surface area contributed by atoms with Crippen LogP contribution in [-0.4, -0.2) is 36.1 Å². The van der Waals surface area contributed by atoms with E-state index in [2.05, 4.69) is 12.2 Å². The number of phenols is 1. The first-order chi connectivity index (χ1) is 9.09. The summed E-state index contributed by atoms with van der Waals surface area (Å²) in [6, 6.07) is 7.17. The smallest absolute Gasteiger partial charge is 0.230 e. The summed E-state index contributed by atoms with van der Waals surface area (Å²) in [5.74, 6) is 0.417. The molecule has 1 aliphatic heterocycles. The van der Waals surface area contributed by atoms with Crippen LogP contribution >= 0.6 is 0 Å². The van der Waals surface area contributed by atoms with Crippen molar-refractivity contribution < 1.29 is 9.90 Å². The fourth-order valence-corrected chi connectivity index (χ4v) is 2.76. The third kappa shape index (κ3) is 2.73. The first kappa shape index (κ1) is 13.9. The molecule has 1 fully saturated rings. The zero-order valence-electron chi connectivity index (χ0n) is 11.6. The molecule has 104 valence electrons. The van der Waals surface area contributed by atoms with Gasteiger partial charge in [0.15, 0.2) is 0 Å². The molecule has 1 saturated heterocycles. The number of carbonyl (C=O) groups is 1. The van der Waals surface area contributed by atoms with E-state index in [-0.39, 0.29) is 17.1 Å². The number of nitrogens with zero attached hydrogens (tertiary/aromatic N) is 1. The second-order valence-electron chi connectivity index (χ2n) is 5.35. The van der Waals surface area contributed by atoms with Crippen LogP contribution in [0.4, 0.5) is 0 Å². The number of hydrogen-bond donors (Lipinski definition) is 2. The summed E-state index contributed by atoms with van der Waals surface area (Å²) in [4.78, 5) is 14.3. The highest BCUT2D eigenvalue weighted by Crippen LogP contribution is 2.32. The van der Waals surface area contributed by atoms with Crippen LogP contribution in [0.15, 0.2) is 24.3 Å². The molecular weight excluding hydrogens is 240 g/mol. The van der Waals surface area contributed by atoms with Gasteiger partial charge in [-0.05, 0) is 25.5 Å². The second-order valence-corrected chi connectivity index (χ2v) is 5.35. The van der Waals surface area contributed by atoms with E-state index in [1.807, 2.05) is 19.2 Å². The molecular formula is C15H22N2O2. The minimum absolute atomic E-state index is 0.170. The second kappa shape index (κ2) is 5.61. The summed E-state index contributed by atoms with van der Waals surface area (Å²) in [7, 11) is 1.81. The molecule has 19 heavy (non-hydrogen) atoms. The van der Waals surface area contributed by atoms with Crippen molar-refractivity contribution in [3.8, 4) is 5.75 Å². The number of aromatic hydroxyl groups is 1. The van der Waals surface area contributed by atoms with Gasteiger partial charge < -0.3 is 15.3 Å². The van der Waals surface area contributed by atoms with Crippen molar-refractivity contribution in [1.29, 1.82) is 0 Å². The third-order valence-corrected chi connectivity index (χ3v) is 4.12. The van der Waals surface area contributed by atoms with E-state index in [1.165, 1.54) is 0 Å². The Labute approximate surface area is 114 Å². The maximum absolute atomic E-state index is 12.6. The van der Waals surface area contributed by atoms with Gasteiger partial charge in [0.2, 0.25) is 5.91 Å². The number of hydrogen-bond acceptors (Lipinski definition) is 3. The number of para-hydroxylation sites is 1. The van der Waals surface area contributed by atoms with Crippen molar-refractivity contribution in [3.63, 3.8) is 0 Å². The number of phenolic OH excluding ortho intramolecular Hbond substituents is 1. The van der Waals surface area contributed by atoms with Crippen LogP contribution in [0.25, 0.3) is 0 Å². The van der Waals surface area contributed by atoms with Crippen LogP contribution in [-0.2, 0) is 11.3 Å². The van der Waals surface area contributed by atoms with Crippen LogP contribution in [0.2, 0.25) is 0 Å². The van der Waals surface area contributed by atoms with Gasteiger partial charge in [-0.2, -0.15) is 0 Å². The zero-order chi connectivity index (χ0) is 13.9. The minimum Gasteiger partial charge on any atom is -0.508 e. The lowest BCUT2D eigenvalue weighted by Gasteiger charge is -2.31. The van der Waals surface area contributed by atoms with Gasteiger partial charge >= 0.3 is 0 Å². The molecule has 2 rings (SSSR count). The van der Waals surface area contributed by atoms with Gasteiger partial charge in [-0.25, -0.2) is 0 Å². The summed E-state index contributed by atoms with van der Waals surface area (Å²) in [5.41, 5.74) is 0.523. The quantitative estimate of drug-likeness (QED) is 0.869. The van der Waals surface area contributed by atoms with Gasteiger partial charge in [0, 0.05) is 25.7 Å². The lowest BCUT2D eigenvalue weighted by atomic mass is 9.83. The molecule has 1 aromatic rings. The Balaban J connectivity index is 2.09. The Hall–Kier alpha value is -1.55. The summed E-state index contributed by atoms with van der Waals surface area (Å²) >= 11 is 0. The van der Waals surface area contributed by atoms with E-state index >= 15 is 0 Å². The molecule has 0 aromatic heterocycles. The first-order valence-electron chi connectivity index (χ1n) is 6.82. The average Bonchev–Trinajstić information content (AvgIpc) is 2.90. The molecule has 2 N–H and O–H groups in total. The highest BCUT2D eigenvalue weighted by atomic mass is 16.3. The monoisotopic (exact) mass is 262 g/mol. The van der Waals surface area contributed by atoms with Crippen LogP contribution in [0, 0.1) is 5.41 Å². The molecule has 0 spiro atoms. The van der Waals surface area contributed by atoms with Crippen molar-refractivity contribution in [2.45, 2.75) is 26.3 Å². The van der Waals surface area contributed by atoms with Crippen LogP contribution < -0.4 is 5.32 Å². The van der Waals surface area contributed by atoms with E-state index in [1.54, 1.807) is 17.0 Å². The molecule has 1 heterocycles. The fourth-order valence-electron chi connectivity index (χ4n) is 2.76. The normalized spacial score (nSPS) is 22.4. The molecule has 1 aliphatic rings. The van der Waals surface area contributed by atoms with Gasteiger partial charge in [0.1, 0.15) is 5.75 Å². The predicted octanol–water partition coefficient (Wildman–Crippen LogP) is 1.74. The number of rotatable bonds is 4. The van der Waals surface area contributed by atoms with Crippen LogP contribution in [0.1, 0.15) is 25.3 Å². The van der Waals surface area contributed by atoms with Crippen molar-refractivity contribution >= 4 is 5.91 Å². The molecule has 0 radical (unpaired) electrons. The van der Waals surface area contributed by atoms with Crippen LogP contribution in [0.3, 0.4) is 0 Å². The minimum atomic E-state index is -0.265. The van der Waals surface area contributed by atoms with Crippen molar-refractivity contribution in [1.82, 2.24) is 10.2 Å². The number of amides is 1. The van der Waals surface area contributed by atoms with Gasteiger partial charge in [0.05, 0.1) is 5.41 Å². The zero-order valence-corrected chi connectivity index (χ0v) is 11.6. The SMILES string of the molecule is CCC1(C(=O)N(C)Cc2ccccc2O)CCNC1. The lowest BCUT2D eigenvalue weighted by Crippen LogP contribution is -2.42. The Morgan fingerprint density at radius 1 is 1.47 bits per heavy atom. The van der Waals surface area contributed by atoms with Gasteiger partial charge in [0.25, 0.3) is 0 Å². The Kier molecular flexibility index (Phi) is 4.10. The van der Waals surface area contributed by atoms with Crippen molar-refractivity contribution in [2.24, 2.45) is 5.41 Å². The molecule has 4 nitrogen and oxygen atoms in total. The predicted molar refractivity (Wildman–Crippen MR) is 74.8 cm³/mol. The van der Waals surface area contributed by atoms with E-state index in [0.29, 0.717) is 6.54 Å². The van der Waals surface area contributed by atoms with Gasteiger partial charge in [-0.1, -0.05) is 25.1 Å². The standard InChI is InChI=1S/C15H22N2O2/c1-3-15(8-9-16-11-15)14(19)17(2)10-12-6-4-5-7-13(12)18/h4-7,16,18H,3,8-11H2,1-2H3. The first-order valence-corrected chi connectivity index (χ1v) is 6.82. The summed E-state index contributed by atoms with van der Waals surface area (Å²) in [5, 5.41) is 13.1. The number of nitrogens with one attached hydrogen (secondary N) is 1. The van der Waals surface area contributed by atoms with Crippen molar-refractivity contribution in [3.05, 3.63) is 29.8 Å². The highest BCUT2D eigenvalue weighted by molar-refractivity contribution is 5.83. The highest BCUT2D eigenvalue weighted by Gasteiger charge is 2.41. The summed E-state index contributed by atoms with van der Waals surface area (Å²) in [6.07, 6.45) is 1.75. The maximum Gasteiger partial charge on any atom is 0.230 e. The Bertz CT molecular complexity index is 453.